The fourth-order valence-electron chi connectivity index (χ4n) is 3.78. The van der Waals surface area contributed by atoms with Crippen LogP contribution in [0.4, 0.5) is 0 Å². The first-order valence-electron chi connectivity index (χ1n) is 10.2. The minimum absolute atomic E-state index is 0.0144. The Hall–Kier alpha value is -2.97. The van der Waals surface area contributed by atoms with Crippen LogP contribution >= 0.6 is 0 Å². The summed E-state index contributed by atoms with van der Waals surface area (Å²) < 4.78 is 10.0. The van der Waals surface area contributed by atoms with Crippen LogP contribution in [0.15, 0.2) is 12.5 Å². The highest BCUT2D eigenvalue weighted by molar-refractivity contribution is 5.81. The number of piperidine rings is 1. The van der Waals surface area contributed by atoms with Crippen molar-refractivity contribution in [2.45, 2.75) is 52.7 Å². The van der Waals surface area contributed by atoms with Crippen LogP contribution in [0.2, 0.25) is 0 Å². The molecule has 3 aromatic heterocycles. The smallest absolute Gasteiger partial charge is 0.245 e. The molecule has 1 fully saturated rings. The molecule has 0 N–H and O–H groups in total. The molecule has 9 nitrogen and oxygen atoms in total. The number of nitrogens with zero attached hydrogens (tertiary/aromatic N) is 7. The van der Waals surface area contributed by atoms with E-state index in [0.717, 1.165) is 36.5 Å². The van der Waals surface area contributed by atoms with E-state index < -0.39 is 0 Å². The SMILES string of the molecule is CCC(=O)N1CCC(Oc2ncnc3c2nc(-c2nn(CC)cc2C)n3C)CC1. The minimum atomic E-state index is 0.0144. The number of rotatable bonds is 5. The van der Waals surface area contributed by atoms with Crippen molar-refractivity contribution in [3.63, 3.8) is 0 Å². The fourth-order valence-corrected chi connectivity index (χ4v) is 3.78. The van der Waals surface area contributed by atoms with E-state index in [2.05, 4.69) is 22.0 Å². The number of carbonyl (C=O) groups is 1. The molecule has 0 aliphatic carbocycles. The molecule has 29 heavy (non-hydrogen) atoms. The molecule has 0 unspecified atom stereocenters. The largest absolute Gasteiger partial charge is 0.473 e. The van der Waals surface area contributed by atoms with Gasteiger partial charge in [0, 0.05) is 52.1 Å². The van der Waals surface area contributed by atoms with Crippen LogP contribution in [0, 0.1) is 6.92 Å². The number of fused-ring (bicyclic) bond motifs is 1. The van der Waals surface area contributed by atoms with Gasteiger partial charge >= 0.3 is 0 Å². The molecule has 0 saturated carbocycles. The Morgan fingerprint density at radius 3 is 2.66 bits per heavy atom. The van der Waals surface area contributed by atoms with Gasteiger partial charge in [-0.3, -0.25) is 9.48 Å². The quantitative estimate of drug-likeness (QED) is 0.656. The van der Waals surface area contributed by atoms with Crippen molar-refractivity contribution < 1.29 is 9.53 Å². The van der Waals surface area contributed by atoms with Gasteiger partial charge in [-0.2, -0.15) is 10.1 Å². The third-order valence-corrected chi connectivity index (χ3v) is 5.48. The van der Waals surface area contributed by atoms with Gasteiger partial charge in [0.25, 0.3) is 0 Å². The lowest BCUT2D eigenvalue weighted by molar-refractivity contribution is -0.132. The average Bonchev–Trinajstić information content (AvgIpc) is 3.28. The molecule has 9 heteroatoms. The topological polar surface area (TPSA) is 91.0 Å². The van der Waals surface area contributed by atoms with Gasteiger partial charge in [0.05, 0.1) is 0 Å². The number of ether oxygens (including phenoxy) is 1. The summed E-state index contributed by atoms with van der Waals surface area (Å²) >= 11 is 0. The van der Waals surface area contributed by atoms with Gasteiger partial charge < -0.3 is 14.2 Å². The molecule has 4 rings (SSSR count). The van der Waals surface area contributed by atoms with Gasteiger partial charge in [0.2, 0.25) is 11.8 Å². The number of carbonyl (C=O) groups excluding carboxylic acids is 1. The highest BCUT2D eigenvalue weighted by atomic mass is 16.5. The van der Waals surface area contributed by atoms with Crippen LogP contribution in [0.3, 0.4) is 0 Å². The third kappa shape index (κ3) is 3.56. The summed E-state index contributed by atoms with van der Waals surface area (Å²) in [5.41, 5.74) is 3.26. The summed E-state index contributed by atoms with van der Waals surface area (Å²) in [5, 5.41) is 4.64. The highest BCUT2D eigenvalue weighted by Crippen LogP contribution is 2.29. The van der Waals surface area contributed by atoms with Crippen molar-refractivity contribution in [3.8, 4) is 17.4 Å². The molecule has 154 valence electrons. The number of aryl methyl sites for hydroxylation is 3. The number of imidazole rings is 1. The second kappa shape index (κ2) is 7.81. The van der Waals surface area contributed by atoms with E-state index in [0.29, 0.717) is 36.6 Å². The molecular weight excluding hydrogens is 370 g/mol. The maximum atomic E-state index is 11.9. The molecule has 0 spiro atoms. The number of aromatic nitrogens is 6. The van der Waals surface area contributed by atoms with Crippen molar-refractivity contribution in [1.29, 1.82) is 0 Å². The Bertz CT molecular complexity index is 1030. The number of amides is 1. The first-order valence-corrected chi connectivity index (χ1v) is 10.2. The predicted octanol–water partition coefficient (Wildman–Crippen LogP) is 2.33. The van der Waals surface area contributed by atoms with Crippen LogP contribution in [0.1, 0.15) is 38.7 Å². The van der Waals surface area contributed by atoms with Gasteiger partial charge in [-0.15, -0.1) is 0 Å². The van der Waals surface area contributed by atoms with Crippen molar-refractivity contribution in [2.75, 3.05) is 13.1 Å². The number of hydrogen-bond acceptors (Lipinski definition) is 6. The van der Waals surface area contributed by atoms with Crippen LogP contribution in [-0.2, 0) is 18.4 Å². The second-order valence-electron chi connectivity index (χ2n) is 7.41. The van der Waals surface area contributed by atoms with Gasteiger partial charge in [-0.05, 0) is 19.4 Å². The van der Waals surface area contributed by atoms with Crippen LogP contribution in [-0.4, -0.2) is 59.3 Å². The van der Waals surface area contributed by atoms with Crippen molar-refractivity contribution in [1.82, 2.24) is 34.2 Å². The van der Waals surface area contributed by atoms with E-state index >= 15 is 0 Å². The molecule has 0 bridgehead atoms. The maximum Gasteiger partial charge on any atom is 0.245 e. The highest BCUT2D eigenvalue weighted by Gasteiger charge is 2.25. The summed E-state index contributed by atoms with van der Waals surface area (Å²) in [5.74, 6) is 1.44. The Morgan fingerprint density at radius 2 is 2.00 bits per heavy atom. The fraction of sp³-hybridized carbons (Fsp3) is 0.550. The summed E-state index contributed by atoms with van der Waals surface area (Å²) in [6, 6.07) is 0. The molecule has 1 aliphatic rings. The molecule has 0 radical (unpaired) electrons. The van der Waals surface area contributed by atoms with Gasteiger partial charge in [0.15, 0.2) is 17.0 Å². The van der Waals surface area contributed by atoms with Crippen molar-refractivity contribution in [2.24, 2.45) is 7.05 Å². The lowest BCUT2D eigenvalue weighted by atomic mass is 10.1. The Labute approximate surface area is 169 Å². The Balaban J connectivity index is 1.60. The lowest BCUT2D eigenvalue weighted by Crippen LogP contribution is -2.41. The van der Waals surface area contributed by atoms with Gasteiger partial charge in [-0.1, -0.05) is 6.92 Å². The first-order chi connectivity index (χ1) is 14.0. The van der Waals surface area contributed by atoms with E-state index in [1.165, 1.54) is 6.33 Å². The summed E-state index contributed by atoms with van der Waals surface area (Å²) in [6.45, 7) is 8.22. The minimum Gasteiger partial charge on any atom is -0.473 e. The summed E-state index contributed by atoms with van der Waals surface area (Å²) in [7, 11) is 1.93. The molecule has 1 amide bonds. The van der Waals surface area contributed by atoms with Crippen LogP contribution < -0.4 is 4.74 Å². The number of likely N-dealkylation sites (tertiary alicyclic amines) is 1. The molecule has 0 aromatic carbocycles. The molecule has 4 heterocycles. The van der Waals surface area contributed by atoms with Crippen LogP contribution in [0.25, 0.3) is 22.7 Å². The van der Waals surface area contributed by atoms with E-state index in [-0.39, 0.29) is 12.0 Å². The molecule has 1 aliphatic heterocycles. The summed E-state index contributed by atoms with van der Waals surface area (Å²) in [6.07, 6.45) is 5.66. The average molecular weight is 397 g/mol. The first kappa shape index (κ1) is 19.4. The van der Waals surface area contributed by atoms with Gasteiger partial charge in [0.1, 0.15) is 18.1 Å². The second-order valence-corrected chi connectivity index (χ2v) is 7.41. The predicted molar refractivity (Wildman–Crippen MR) is 108 cm³/mol. The lowest BCUT2D eigenvalue weighted by Gasteiger charge is -2.31. The molecule has 1 saturated heterocycles. The van der Waals surface area contributed by atoms with Crippen LogP contribution in [0.5, 0.6) is 5.88 Å². The van der Waals surface area contributed by atoms with E-state index in [1.807, 2.05) is 41.2 Å². The van der Waals surface area contributed by atoms with Crippen molar-refractivity contribution >= 4 is 17.1 Å². The number of hydrogen-bond donors (Lipinski definition) is 0. The third-order valence-electron chi connectivity index (χ3n) is 5.48. The molecule has 3 aromatic rings. The van der Waals surface area contributed by atoms with Crippen molar-refractivity contribution in [3.05, 3.63) is 18.1 Å². The molecular formula is C20H27N7O2. The zero-order valence-corrected chi connectivity index (χ0v) is 17.4. The monoisotopic (exact) mass is 397 g/mol. The maximum absolute atomic E-state index is 11.9. The zero-order chi connectivity index (χ0) is 20.5. The van der Waals surface area contributed by atoms with E-state index in [4.69, 9.17) is 9.72 Å². The Kier molecular flexibility index (Phi) is 5.21. The standard InChI is InChI=1S/C20H27N7O2/c1-5-15(28)26-9-7-14(8-10-26)29-20-17-18(21-12-22-20)25(4)19(23-17)16-13(3)11-27(6-2)24-16/h11-12,14H,5-10H2,1-4H3. The van der Waals surface area contributed by atoms with E-state index in [1.54, 1.807) is 0 Å². The summed E-state index contributed by atoms with van der Waals surface area (Å²) in [4.78, 5) is 27.3. The van der Waals surface area contributed by atoms with Gasteiger partial charge in [-0.25, -0.2) is 9.97 Å². The van der Waals surface area contributed by atoms with E-state index in [9.17, 15) is 4.79 Å². The molecule has 0 atom stereocenters. The normalized spacial score (nSPS) is 15.2. The Morgan fingerprint density at radius 1 is 1.24 bits per heavy atom. The zero-order valence-electron chi connectivity index (χ0n) is 17.4.